The summed E-state index contributed by atoms with van der Waals surface area (Å²) in [6.07, 6.45) is 13.9. The van der Waals surface area contributed by atoms with E-state index in [-0.39, 0.29) is 76.8 Å². The van der Waals surface area contributed by atoms with Crippen molar-refractivity contribution in [3.05, 3.63) is 166 Å². The second-order valence-electron chi connectivity index (χ2n) is 20.7. The van der Waals surface area contributed by atoms with Crippen LogP contribution in [0.3, 0.4) is 0 Å². The number of fused-ring (bicyclic) bond motifs is 3. The maximum absolute atomic E-state index is 14.5. The summed E-state index contributed by atoms with van der Waals surface area (Å²) in [5.41, 5.74) is 3.92. The second-order valence-corrected chi connectivity index (χ2v) is 26.9. The molecule has 2 aliphatic rings. The number of anilines is 2. The maximum Gasteiger partial charge on any atom is 0.269 e. The highest BCUT2D eigenvalue weighted by molar-refractivity contribution is 7.90. The number of aromatic nitrogens is 12. The average Bonchev–Trinajstić information content (AvgIpc) is 1.67. The molecule has 13 rings (SSSR count). The molecule has 2 amide bonds. The average molecular weight is 1340 g/mol. The first kappa shape index (κ1) is 62.6. The standard InChI is InChI=1S/C23H20ClFN6O3S.C19H14ClFN4O3S2.C16H14ClFN6O/c1-13-3-5-15(6-4-13)35(33,34)31-12-17(16-9-14(24)10-27-22(16)31)20-26-11-18(25)21(29-20)28-19-7-8-30(2)23(19)32;1-11-3-5-13(6-4-11)30(27,28)25-10-15(14-7-12(20)8-23-18(14)25)17-22-9-16(21)19(24-17)29(2)26;1-24-3-2-12(16(24)25)22-15-11(18)7-21-14(23-15)10-6-20-13-9(10)4-8(17)5-19-13/h3-6,9-12,19H,7-8H2,1-2H3,(H,26,28,29);3-10H,1-2H3;4-7,12H,2-3H2,1H3,(H,19,20)(H,21,22,23). The molecule has 462 valence electrons. The molecule has 2 aromatic carbocycles. The van der Waals surface area contributed by atoms with Crippen LogP contribution in [0.1, 0.15) is 24.0 Å². The Morgan fingerprint density at radius 1 is 0.556 bits per heavy atom. The fraction of sp³-hybridized carbons (Fsp3) is 0.190. The number of nitrogens with one attached hydrogen (secondary N) is 3. The van der Waals surface area contributed by atoms with E-state index >= 15 is 0 Å². The summed E-state index contributed by atoms with van der Waals surface area (Å²) in [7, 11) is -6.32. The van der Waals surface area contributed by atoms with E-state index in [2.05, 4.69) is 60.5 Å². The molecule has 2 fully saturated rings. The van der Waals surface area contributed by atoms with Gasteiger partial charge in [-0.2, -0.15) is 0 Å². The summed E-state index contributed by atoms with van der Waals surface area (Å²) >= 11 is 18.2. The van der Waals surface area contributed by atoms with Crippen LogP contribution in [-0.2, 0) is 40.4 Å². The molecule has 0 aliphatic carbocycles. The minimum Gasteiger partial charge on any atom is -0.356 e. The fourth-order valence-corrected chi connectivity index (χ4v) is 13.4. The van der Waals surface area contributed by atoms with Gasteiger partial charge in [0.1, 0.15) is 17.7 Å². The smallest absolute Gasteiger partial charge is 0.269 e. The second kappa shape index (κ2) is 25.1. The van der Waals surface area contributed by atoms with Crippen molar-refractivity contribution < 1.29 is 43.8 Å². The molecule has 0 bridgehead atoms. The van der Waals surface area contributed by atoms with E-state index in [1.165, 1.54) is 67.6 Å². The number of hydrogen-bond donors (Lipinski definition) is 3. The largest absolute Gasteiger partial charge is 0.356 e. The van der Waals surface area contributed by atoms with Gasteiger partial charge in [-0.05, 0) is 69.2 Å². The Kier molecular flexibility index (Phi) is 17.5. The fourth-order valence-electron chi connectivity index (χ4n) is 9.76. The van der Waals surface area contributed by atoms with Crippen LogP contribution >= 0.6 is 34.8 Å². The lowest BCUT2D eigenvalue weighted by Gasteiger charge is -2.13. The van der Waals surface area contributed by atoms with Crippen molar-refractivity contribution in [3.8, 4) is 34.2 Å². The van der Waals surface area contributed by atoms with Crippen LogP contribution in [0.4, 0.5) is 24.8 Å². The maximum atomic E-state index is 14.5. The number of carbonyl (C=O) groups excluding carboxylic acids is 2. The third-order valence-electron chi connectivity index (χ3n) is 14.5. The highest BCUT2D eigenvalue weighted by Crippen LogP contribution is 2.36. The monoisotopic (exact) mass is 1340 g/mol. The SMILES string of the molecule is CN1CCC(Nc2nc(-c3c[nH]c4ncc(Cl)cc34)ncc2F)C1=O.Cc1ccc(S(=O)(=O)n2cc(-c3ncc(F)c(NC4CCN(C)C4=O)n3)c3cc(Cl)cnc32)cc1.Cc1ccc(S(=O)(=O)n2cc(-c3ncc(F)c(S(C)=O)n3)c3cc(Cl)cnc32)cc1. The summed E-state index contributed by atoms with van der Waals surface area (Å²) in [6.45, 7) is 4.88. The highest BCUT2D eigenvalue weighted by Gasteiger charge is 2.33. The first-order valence-electron chi connectivity index (χ1n) is 26.9. The predicted octanol–water partition coefficient (Wildman–Crippen LogP) is 9.50. The van der Waals surface area contributed by atoms with Crippen LogP contribution in [0.25, 0.3) is 67.3 Å². The molecule has 11 aromatic rings. The lowest BCUT2D eigenvalue weighted by molar-refractivity contribution is -0.127. The number of pyridine rings is 3. The predicted molar refractivity (Wildman–Crippen MR) is 333 cm³/mol. The number of H-pyrrole nitrogens is 1. The van der Waals surface area contributed by atoms with Gasteiger partial charge in [-0.25, -0.2) is 82.8 Å². The quantitative estimate of drug-likeness (QED) is 0.0959. The van der Waals surface area contributed by atoms with Crippen molar-refractivity contribution in [2.75, 3.05) is 44.1 Å². The number of likely N-dealkylation sites (tertiary alicyclic amines) is 2. The van der Waals surface area contributed by atoms with E-state index in [1.54, 1.807) is 66.5 Å². The molecule has 0 spiro atoms. The van der Waals surface area contributed by atoms with Gasteiger partial charge < -0.3 is 25.4 Å². The molecule has 0 saturated carbocycles. The topological polar surface area (TPSA) is 292 Å². The van der Waals surface area contributed by atoms with Gasteiger partial charge in [0.05, 0.1) is 54.2 Å². The first-order chi connectivity index (χ1) is 42.9. The van der Waals surface area contributed by atoms with Crippen molar-refractivity contribution in [1.29, 1.82) is 0 Å². The molecular weight excluding hydrogens is 1290 g/mol. The van der Waals surface area contributed by atoms with Gasteiger partial charge in [-0.15, -0.1) is 0 Å². The number of aromatic amines is 1. The summed E-state index contributed by atoms with van der Waals surface area (Å²) in [4.78, 5) is 67.8. The van der Waals surface area contributed by atoms with Crippen LogP contribution in [0.5, 0.6) is 0 Å². The first-order valence-corrected chi connectivity index (χ1v) is 32.5. The number of aryl methyl sites for hydroxylation is 2. The van der Waals surface area contributed by atoms with Crippen molar-refractivity contribution in [2.24, 2.45) is 0 Å². The van der Waals surface area contributed by atoms with Gasteiger partial charge in [-0.3, -0.25) is 13.8 Å². The third kappa shape index (κ3) is 12.5. The van der Waals surface area contributed by atoms with E-state index < -0.39 is 60.4 Å². The Bertz CT molecular complexity index is 4930. The molecule has 2 aliphatic heterocycles. The summed E-state index contributed by atoms with van der Waals surface area (Å²) in [5.74, 6) is -2.17. The number of carbonyl (C=O) groups is 2. The summed E-state index contributed by atoms with van der Waals surface area (Å²) in [6, 6.07) is 16.5. The van der Waals surface area contributed by atoms with Crippen LogP contribution in [0.2, 0.25) is 15.1 Å². The number of rotatable bonds is 12. The van der Waals surface area contributed by atoms with Crippen molar-refractivity contribution >= 4 is 122 Å². The molecule has 11 heterocycles. The van der Waals surface area contributed by atoms with Crippen molar-refractivity contribution in [1.82, 2.24) is 67.6 Å². The van der Waals surface area contributed by atoms with Gasteiger partial charge in [0.25, 0.3) is 20.0 Å². The zero-order chi connectivity index (χ0) is 64.1. The van der Waals surface area contributed by atoms with Gasteiger partial charge in [-0.1, -0.05) is 70.2 Å². The molecule has 2 saturated heterocycles. The molecular formula is C58H48Cl3F3N16O7S3. The minimum atomic E-state index is -4.02. The number of hydrogen-bond acceptors (Lipinski definition) is 18. The zero-order valence-electron chi connectivity index (χ0n) is 47.7. The third-order valence-corrected chi connectivity index (χ3v) is 19.3. The van der Waals surface area contributed by atoms with Crippen molar-refractivity contribution in [2.45, 2.75) is 53.6 Å². The Balaban J connectivity index is 0.000000141. The lowest BCUT2D eigenvalue weighted by atomic mass is 10.2. The number of halogens is 6. The van der Waals surface area contributed by atoms with Gasteiger partial charge in [0.2, 0.25) is 11.8 Å². The van der Waals surface area contributed by atoms with Crippen molar-refractivity contribution in [3.63, 3.8) is 0 Å². The molecule has 9 aromatic heterocycles. The van der Waals surface area contributed by atoms with Gasteiger partial charge in [0, 0.05) is 103 Å². The van der Waals surface area contributed by atoms with Gasteiger partial charge >= 0.3 is 0 Å². The van der Waals surface area contributed by atoms with Crippen LogP contribution in [0, 0.1) is 31.3 Å². The van der Waals surface area contributed by atoms with E-state index in [4.69, 9.17) is 34.8 Å². The molecule has 0 radical (unpaired) electrons. The van der Waals surface area contributed by atoms with Crippen LogP contribution in [-0.4, -0.2) is 146 Å². The zero-order valence-corrected chi connectivity index (χ0v) is 52.4. The van der Waals surface area contributed by atoms with Gasteiger partial charge in [0.15, 0.2) is 62.9 Å². The summed E-state index contributed by atoms with van der Waals surface area (Å²) < 4.78 is 110. The number of amides is 2. The molecule has 3 atom stereocenters. The van der Waals surface area contributed by atoms with Crippen LogP contribution in [0.15, 0.2) is 137 Å². The molecule has 3 unspecified atom stereocenters. The minimum absolute atomic E-state index is 0.00277. The van der Waals surface area contributed by atoms with Crippen LogP contribution < -0.4 is 10.6 Å². The van der Waals surface area contributed by atoms with E-state index in [1.807, 2.05) is 13.8 Å². The highest BCUT2D eigenvalue weighted by atomic mass is 35.5. The molecule has 90 heavy (non-hydrogen) atoms. The van der Waals surface area contributed by atoms with E-state index in [0.717, 1.165) is 43.0 Å². The Labute approximate surface area is 528 Å². The molecule has 23 nitrogen and oxygen atoms in total. The number of benzene rings is 2. The Morgan fingerprint density at radius 3 is 1.38 bits per heavy atom. The van der Waals surface area contributed by atoms with E-state index in [9.17, 15) is 43.8 Å². The summed E-state index contributed by atoms with van der Waals surface area (Å²) in [5, 5.41) is 7.95. The Hall–Kier alpha value is -9.00. The molecule has 32 heteroatoms. The Morgan fingerprint density at radius 2 is 0.956 bits per heavy atom. The normalized spacial score (nSPS) is 15.5. The number of likely N-dealkylation sites (N-methyl/N-ethyl adjacent to an activating group) is 2. The number of nitrogens with zero attached hydrogens (tertiary/aromatic N) is 13. The lowest BCUT2D eigenvalue weighted by Crippen LogP contribution is -2.31. The molecule has 3 N–H and O–H groups in total. The van der Waals surface area contributed by atoms with E-state index in [0.29, 0.717) is 64.3 Å².